The molecule has 5 heteroatoms. The van der Waals surface area contributed by atoms with Gasteiger partial charge in [-0.2, -0.15) is 0 Å². The molecule has 0 heterocycles. The number of nitrogens with one attached hydrogen (secondary N) is 1. The Morgan fingerprint density at radius 2 is 2.28 bits per heavy atom. The van der Waals surface area contributed by atoms with Gasteiger partial charge in [0.25, 0.3) is 5.91 Å². The van der Waals surface area contributed by atoms with Gasteiger partial charge in [-0.05, 0) is 25.1 Å². The van der Waals surface area contributed by atoms with Crippen molar-refractivity contribution in [2.75, 3.05) is 20.3 Å². The van der Waals surface area contributed by atoms with E-state index in [1.54, 1.807) is 38.3 Å². The molecule has 1 aromatic rings. The maximum atomic E-state index is 11.8. The van der Waals surface area contributed by atoms with Crippen molar-refractivity contribution in [1.29, 1.82) is 0 Å². The number of halogens is 1. The minimum atomic E-state index is -0.982. The molecule has 1 rings (SSSR count). The zero-order valence-electron chi connectivity index (χ0n) is 10.6. The van der Waals surface area contributed by atoms with Gasteiger partial charge in [0.1, 0.15) is 0 Å². The predicted octanol–water partition coefficient (Wildman–Crippen LogP) is 1.86. The Bertz CT molecular complexity index is 407. The summed E-state index contributed by atoms with van der Waals surface area (Å²) in [6.07, 6.45) is 0.458. The van der Waals surface area contributed by atoms with E-state index in [9.17, 15) is 9.90 Å². The second-order valence-electron chi connectivity index (χ2n) is 4.43. The third-order valence-electron chi connectivity index (χ3n) is 2.56. The maximum absolute atomic E-state index is 11.8. The van der Waals surface area contributed by atoms with Gasteiger partial charge in [-0.15, -0.1) is 0 Å². The molecule has 0 aliphatic rings. The van der Waals surface area contributed by atoms with E-state index in [2.05, 4.69) is 5.32 Å². The summed E-state index contributed by atoms with van der Waals surface area (Å²) in [6.45, 7) is 2.27. The molecule has 1 atom stereocenters. The Morgan fingerprint density at radius 1 is 1.56 bits per heavy atom. The number of hydrogen-bond acceptors (Lipinski definition) is 3. The summed E-state index contributed by atoms with van der Waals surface area (Å²) in [7, 11) is 1.57. The van der Waals surface area contributed by atoms with Crippen molar-refractivity contribution >= 4 is 17.5 Å². The molecule has 0 aromatic heterocycles. The average Bonchev–Trinajstić information content (AvgIpc) is 2.34. The molecule has 100 valence electrons. The van der Waals surface area contributed by atoms with E-state index in [4.69, 9.17) is 16.3 Å². The van der Waals surface area contributed by atoms with Gasteiger partial charge >= 0.3 is 0 Å². The topological polar surface area (TPSA) is 58.6 Å². The van der Waals surface area contributed by atoms with Crippen LogP contribution in [0, 0.1) is 0 Å². The number of carbonyl (C=O) groups is 1. The van der Waals surface area contributed by atoms with Gasteiger partial charge in [0.05, 0.1) is 5.60 Å². The number of hydrogen-bond donors (Lipinski definition) is 2. The van der Waals surface area contributed by atoms with Crippen molar-refractivity contribution < 1.29 is 14.6 Å². The van der Waals surface area contributed by atoms with E-state index in [0.29, 0.717) is 23.6 Å². The maximum Gasteiger partial charge on any atom is 0.251 e. The predicted molar refractivity (Wildman–Crippen MR) is 70.9 cm³/mol. The average molecular weight is 272 g/mol. The number of amides is 1. The Kier molecular flexibility index (Phi) is 5.59. The highest BCUT2D eigenvalue weighted by atomic mass is 35.5. The molecule has 0 fully saturated rings. The standard InChI is InChI=1S/C13H18ClNO3/c1-13(17,6-7-18-2)9-15-12(16)10-4-3-5-11(14)8-10/h3-5,8,17H,6-7,9H2,1-2H3,(H,15,16). The lowest BCUT2D eigenvalue weighted by atomic mass is 10.0. The van der Waals surface area contributed by atoms with E-state index < -0.39 is 5.60 Å². The molecule has 18 heavy (non-hydrogen) atoms. The first-order valence-corrected chi connectivity index (χ1v) is 6.07. The molecular formula is C13H18ClNO3. The van der Waals surface area contributed by atoms with Crippen LogP contribution in [0.1, 0.15) is 23.7 Å². The molecule has 0 bridgehead atoms. The van der Waals surface area contributed by atoms with Gasteiger partial charge in [0.2, 0.25) is 0 Å². The molecule has 0 aliphatic carbocycles. The van der Waals surface area contributed by atoms with E-state index in [1.165, 1.54) is 0 Å². The summed E-state index contributed by atoms with van der Waals surface area (Å²) in [5.41, 5.74) is -0.505. The summed E-state index contributed by atoms with van der Waals surface area (Å²) in [4.78, 5) is 11.8. The van der Waals surface area contributed by atoms with Crippen LogP contribution in [-0.4, -0.2) is 36.9 Å². The Hall–Kier alpha value is -1.10. The zero-order chi connectivity index (χ0) is 13.6. The van der Waals surface area contributed by atoms with Gasteiger partial charge in [0.15, 0.2) is 0 Å². The normalized spacial score (nSPS) is 14.0. The van der Waals surface area contributed by atoms with Gasteiger partial charge in [0, 0.05) is 37.3 Å². The molecule has 4 nitrogen and oxygen atoms in total. The number of rotatable bonds is 6. The molecule has 1 amide bonds. The van der Waals surface area contributed by atoms with Crippen LogP contribution >= 0.6 is 11.6 Å². The van der Waals surface area contributed by atoms with Crippen LogP contribution in [0.4, 0.5) is 0 Å². The minimum Gasteiger partial charge on any atom is -0.388 e. The second-order valence-corrected chi connectivity index (χ2v) is 4.87. The highest BCUT2D eigenvalue weighted by molar-refractivity contribution is 6.30. The van der Waals surface area contributed by atoms with Crippen molar-refractivity contribution in [3.8, 4) is 0 Å². The fourth-order valence-electron chi connectivity index (χ4n) is 1.41. The number of ether oxygens (including phenoxy) is 1. The van der Waals surface area contributed by atoms with Crippen molar-refractivity contribution in [2.45, 2.75) is 18.9 Å². The highest BCUT2D eigenvalue weighted by Gasteiger charge is 2.21. The fourth-order valence-corrected chi connectivity index (χ4v) is 1.60. The zero-order valence-corrected chi connectivity index (χ0v) is 11.3. The molecule has 2 N–H and O–H groups in total. The highest BCUT2D eigenvalue weighted by Crippen LogP contribution is 2.11. The number of carbonyl (C=O) groups excluding carboxylic acids is 1. The quantitative estimate of drug-likeness (QED) is 0.830. The summed E-state index contributed by atoms with van der Waals surface area (Å²) >= 11 is 5.80. The van der Waals surface area contributed by atoms with Crippen LogP contribution in [-0.2, 0) is 4.74 Å². The summed E-state index contributed by atoms with van der Waals surface area (Å²) in [5.74, 6) is -0.254. The first-order chi connectivity index (χ1) is 8.44. The van der Waals surface area contributed by atoms with E-state index >= 15 is 0 Å². The van der Waals surface area contributed by atoms with Crippen molar-refractivity contribution in [1.82, 2.24) is 5.32 Å². The summed E-state index contributed by atoms with van der Waals surface area (Å²) in [5, 5.41) is 13.2. The number of methoxy groups -OCH3 is 1. The first kappa shape index (κ1) is 15.0. The fraction of sp³-hybridized carbons (Fsp3) is 0.462. The Morgan fingerprint density at radius 3 is 2.89 bits per heavy atom. The number of benzene rings is 1. The van der Waals surface area contributed by atoms with E-state index in [1.807, 2.05) is 0 Å². The van der Waals surface area contributed by atoms with Crippen molar-refractivity contribution in [3.05, 3.63) is 34.9 Å². The van der Waals surface area contributed by atoms with Crippen LogP contribution in [0.3, 0.4) is 0 Å². The smallest absolute Gasteiger partial charge is 0.251 e. The van der Waals surface area contributed by atoms with Crippen molar-refractivity contribution in [2.24, 2.45) is 0 Å². The monoisotopic (exact) mass is 271 g/mol. The molecule has 1 aromatic carbocycles. The van der Waals surface area contributed by atoms with Gasteiger partial charge < -0.3 is 15.2 Å². The summed E-state index contributed by atoms with van der Waals surface area (Å²) < 4.78 is 4.89. The minimum absolute atomic E-state index is 0.168. The van der Waals surface area contributed by atoms with E-state index in [-0.39, 0.29) is 12.5 Å². The van der Waals surface area contributed by atoms with Gasteiger partial charge in [-0.25, -0.2) is 0 Å². The van der Waals surface area contributed by atoms with Crippen molar-refractivity contribution in [3.63, 3.8) is 0 Å². The lowest BCUT2D eigenvalue weighted by Crippen LogP contribution is -2.41. The third kappa shape index (κ3) is 5.04. The lowest BCUT2D eigenvalue weighted by molar-refractivity contribution is 0.0243. The van der Waals surface area contributed by atoms with Gasteiger partial charge in [-0.3, -0.25) is 4.79 Å². The summed E-state index contributed by atoms with van der Waals surface area (Å²) in [6, 6.07) is 6.67. The van der Waals surface area contributed by atoms with Crippen LogP contribution in [0.2, 0.25) is 5.02 Å². The Labute approximate surface area is 112 Å². The Balaban J connectivity index is 2.50. The lowest BCUT2D eigenvalue weighted by Gasteiger charge is -2.23. The molecule has 1 unspecified atom stereocenters. The SMILES string of the molecule is COCCC(C)(O)CNC(=O)c1cccc(Cl)c1. The molecule has 0 saturated heterocycles. The molecule has 0 radical (unpaired) electrons. The largest absolute Gasteiger partial charge is 0.388 e. The third-order valence-corrected chi connectivity index (χ3v) is 2.80. The van der Waals surface area contributed by atoms with Crippen LogP contribution in [0.25, 0.3) is 0 Å². The van der Waals surface area contributed by atoms with Gasteiger partial charge in [-0.1, -0.05) is 17.7 Å². The molecular weight excluding hydrogens is 254 g/mol. The van der Waals surface area contributed by atoms with Crippen LogP contribution in [0.5, 0.6) is 0 Å². The van der Waals surface area contributed by atoms with Crippen LogP contribution < -0.4 is 5.32 Å². The van der Waals surface area contributed by atoms with Crippen LogP contribution in [0.15, 0.2) is 24.3 Å². The van der Waals surface area contributed by atoms with E-state index in [0.717, 1.165) is 0 Å². The number of aliphatic hydroxyl groups is 1. The molecule has 0 aliphatic heterocycles. The molecule has 0 saturated carbocycles. The second kappa shape index (κ2) is 6.73. The first-order valence-electron chi connectivity index (χ1n) is 5.70. The molecule has 0 spiro atoms.